The Morgan fingerprint density at radius 2 is 2.05 bits per heavy atom. The van der Waals surface area contributed by atoms with Gasteiger partial charge in [0.05, 0.1) is 35.2 Å². The second kappa shape index (κ2) is 4.53. The van der Waals surface area contributed by atoms with Crippen LogP contribution in [0.4, 0.5) is 0 Å². The van der Waals surface area contributed by atoms with Gasteiger partial charge in [0.15, 0.2) is 0 Å². The number of nitrogens with zero attached hydrogens (tertiary/aromatic N) is 3. The molecule has 3 rings (SSSR count). The van der Waals surface area contributed by atoms with Crippen molar-refractivity contribution in [2.75, 3.05) is 0 Å². The minimum atomic E-state index is -0.951. The first-order valence-corrected chi connectivity index (χ1v) is 5.83. The molecule has 0 amide bonds. The van der Waals surface area contributed by atoms with E-state index < -0.39 is 5.97 Å². The molecule has 0 aliphatic heterocycles. The highest BCUT2D eigenvalue weighted by Gasteiger charge is 2.13. The van der Waals surface area contributed by atoms with Crippen LogP contribution in [0.3, 0.4) is 0 Å². The van der Waals surface area contributed by atoms with Crippen molar-refractivity contribution in [2.45, 2.75) is 6.54 Å². The minimum Gasteiger partial charge on any atom is -0.478 e. The third kappa shape index (κ3) is 2.06. The standard InChI is InChI=1S/C14H11N3O2/c18-14(19)11-5-3-6-12-13(11)17(9-16-12)8-10-4-1-2-7-15-10/h1-7,9H,8H2,(H,18,19). The maximum absolute atomic E-state index is 11.3. The van der Waals surface area contributed by atoms with E-state index in [1.54, 1.807) is 35.3 Å². The highest BCUT2D eigenvalue weighted by molar-refractivity contribution is 6.01. The number of pyridine rings is 1. The smallest absolute Gasteiger partial charge is 0.337 e. The third-order valence-electron chi connectivity index (χ3n) is 2.93. The Hall–Kier alpha value is -2.69. The molecule has 5 heteroatoms. The average Bonchev–Trinajstić information content (AvgIpc) is 2.83. The predicted octanol–water partition coefficient (Wildman–Crippen LogP) is 2.18. The van der Waals surface area contributed by atoms with E-state index in [-0.39, 0.29) is 5.56 Å². The molecule has 0 radical (unpaired) electrons. The minimum absolute atomic E-state index is 0.255. The maximum atomic E-state index is 11.3. The fraction of sp³-hybridized carbons (Fsp3) is 0.0714. The van der Waals surface area contributed by atoms with Gasteiger partial charge in [0.2, 0.25) is 0 Å². The molecule has 0 saturated carbocycles. The monoisotopic (exact) mass is 253 g/mol. The van der Waals surface area contributed by atoms with Crippen LogP contribution in [-0.4, -0.2) is 25.6 Å². The molecule has 1 aromatic carbocycles. The van der Waals surface area contributed by atoms with E-state index in [0.29, 0.717) is 17.6 Å². The molecular formula is C14H11N3O2. The molecule has 94 valence electrons. The van der Waals surface area contributed by atoms with Crippen LogP contribution in [-0.2, 0) is 6.54 Å². The molecular weight excluding hydrogens is 242 g/mol. The molecule has 0 unspecified atom stereocenters. The molecule has 0 fully saturated rings. The van der Waals surface area contributed by atoms with Gasteiger partial charge in [-0.1, -0.05) is 12.1 Å². The summed E-state index contributed by atoms with van der Waals surface area (Å²) in [6.45, 7) is 0.502. The van der Waals surface area contributed by atoms with Crippen LogP contribution < -0.4 is 0 Å². The van der Waals surface area contributed by atoms with Gasteiger partial charge in [0, 0.05) is 6.20 Å². The molecule has 1 N–H and O–H groups in total. The number of aromatic nitrogens is 3. The molecule has 5 nitrogen and oxygen atoms in total. The SMILES string of the molecule is O=C(O)c1cccc2ncn(Cc3ccccn3)c12. The van der Waals surface area contributed by atoms with Gasteiger partial charge in [0.25, 0.3) is 0 Å². The summed E-state index contributed by atoms with van der Waals surface area (Å²) in [7, 11) is 0. The van der Waals surface area contributed by atoms with E-state index in [4.69, 9.17) is 0 Å². The Balaban J connectivity index is 2.12. The van der Waals surface area contributed by atoms with Gasteiger partial charge in [-0.15, -0.1) is 0 Å². The topological polar surface area (TPSA) is 68.0 Å². The number of hydrogen-bond donors (Lipinski definition) is 1. The van der Waals surface area contributed by atoms with Crippen LogP contribution in [0.25, 0.3) is 11.0 Å². The lowest BCUT2D eigenvalue weighted by Gasteiger charge is -2.05. The lowest BCUT2D eigenvalue weighted by Crippen LogP contribution is -2.04. The maximum Gasteiger partial charge on any atom is 0.337 e. The lowest BCUT2D eigenvalue weighted by atomic mass is 10.2. The van der Waals surface area contributed by atoms with E-state index in [1.165, 1.54) is 0 Å². The molecule has 19 heavy (non-hydrogen) atoms. The van der Waals surface area contributed by atoms with Crippen LogP contribution >= 0.6 is 0 Å². The second-order valence-corrected chi connectivity index (χ2v) is 4.17. The van der Waals surface area contributed by atoms with Gasteiger partial charge >= 0.3 is 5.97 Å². The van der Waals surface area contributed by atoms with Crippen LogP contribution in [0, 0.1) is 0 Å². The normalized spacial score (nSPS) is 10.7. The van der Waals surface area contributed by atoms with Crippen LogP contribution in [0.1, 0.15) is 16.1 Å². The van der Waals surface area contributed by atoms with Gasteiger partial charge in [-0.3, -0.25) is 4.98 Å². The average molecular weight is 253 g/mol. The number of carbonyl (C=O) groups is 1. The van der Waals surface area contributed by atoms with Gasteiger partial charge in [-0.25, -0.2) is 9.78 Å². The molecule has 3 aromatic rings. The summed E-state index contributed by atoms with van der Waals surface area (Å²) in [6, 6.07) is 10.7. The number of para-hydroxylation sites is 1. The Kier molecular flexibility index (Phi) is 2.72. The van der Waals surface area contributed by atoms with Gasteiger partial charge < -0.3 is 9.67 Å². The first-order chi connectivity index (χ1) is 9.25. The van der Waals surface area contributed by atoms with Gasteiger partial charge in [-0.2, -0.15) is 0 Å². The predicted molar refractivity (Wildman–Crippen MR) is 70.0 cm³/mol. The van der Waals surface area contributed by atoms with E-state index in [9.17, 15) is 9.90 Å². The van der Waals surface area contributed by atoms with Crippen molar-refractivity contribution in [3.05, 3.63) is 60.2 Å². The zero-order chi connectivity index (χ0) is 13.2. The highest BCUT2D eigenvalue weighted by atomic mass is 16.4. The second-order valence-electron chi connectivity index (χ2n) is 4.17. The number of fused-ring (bicyclic) bond motifs is 1. The number of rotatable bonds is 3. The number of carboxylic acid groups (broad SMARTS) is 1. The Labute approximate surface area is 109 Å². The van der Waals surface area contributed by atoms with Crippen LogP contribution in [0.15, 0.2) is 48.9 Å². The molecule has 2 heterocycles. The van der Waals surface area contributed by atoms with Crippen molar-refractivity contribution in [2.24, 2.45) is 0 Å². The highest BCUT2D eigenvalue weighted by Crippen LogP contribution is 2.18. The molecule has 0 aliphatic carbocycles. The van der Waals surface area contributed by atoms with E-state index in [0.717, 1.165) is 5.69 Å². The molecule has 0 saturated heterocycles. The summed E-state index contributed by atoms with van der Waals surface area (Å²) in [5.41, 5.74) is 2.42. The number of hydrogen-bond acceptors (Lipinski definition) is 3. The van der Waals surface area contributed by atoms with Crippen molar-refractivity contribution in [1.82, 2.24) is 14.5 Å². The molecule has 0 atom stereocenters. The Morgan fingerprint density at radius 3 is 2.79 bits per heavy atom. The van der Waals surface area contributed by atoms with Gasteiger partial charge in [0.1, 0.15) is 0 Å². The van der Waals surface area contributed by atoms with Crippen LogP contribution in [0.2, 0.25) is 0 Å². The van der Waals surface area contributed by atoms with Crippen molar-refractivity contribution >= 4 is 17.0 Å². The van der Waals surface area contributed by atoms with Crippen molar-refractivity contribution < 1.29 is 9.90 Å². The van der Waals surface area contributed by atoms with Gasteiger partial charge in [-0.05, 0) is 24.3 Å². The lowest BCUT2D eigenvalue weighted by molar-refractivity contribution is 0.0698. The van der Waals surface area contributed by atoms with E-state index in [2.05, 4.69) is 9.97 Å². The summed E-state index contributed by atoms with van der Waals surface area (Å²) in [4.78, 5) is 19.7. The third-order valence-corrected chi connectivity index (χ3v) is 2.93. The van der Waals surface area contributed by atoms with Crippen molar-refractivity contribution in [3.63, 3.8) is 0 Å². The molecule has 0 aliphatic rings. The van der Waals surface area contributed by atoms with Crippen molar-refractivity contribution in [1.29, 1.82) is 0 Å². The van der Waals surface area contributed by atoms with Crippen LogP contribution in [0.5, 0.6) is 0 Å². The summed E-state index contributed by atoms with van der Waals surface area (Å²) >= 11 is 0. The summed E-state index contributed by atoms with van der Waals surface area (Å²) < 4.78 is 1.81. The number of carboxylic acids is 1. The molecule has 0 spiro atoms. The number of benzene rings is 1. The first kappa shape index (κ1) is 11.4. The zero-order valence-corrected chi connectivity index (χ0v) is 10.0. The van der Waals surface area contributed by atoms with E-state index in [1.807, 2.05) is 18.2 Å². The fourth-order valence-corrected chi connectivity index (χ4v) is 2.09. The summed E-state index contributed by atoms with van der Waals surface area (Å²) in [6.07, 6.45) is 3.36. The Morgan fingerprint density at radius 1 is 1.16 bits per heavy atom. The molecule has 0 bridgehead atoms. The largest absolute Gasteiger partial charge is 0.478 e. The number of imidazole rings is 1. The molecule has 2 aromatic heterocycles. The zero-order valence-electron chi connectivity index (χ0n) is 10.0. The fourth-order valence-electron chi connectivity index (χ4n) is 2.09. The van der Waals surface area contributed by atoms with E-state index >= 15 is 0 Å². The first-order valence-electron chi connectivity index (χ1n) is 5.83. The van der Waals surface area contributed by atoms with Crippen molar-refractivity contribution in [3.8, 4) is 0 Å². The number of aromatic carboxylic acids is 1. The summed E-state index contributed by atoms with van der Waals surface area (Å²) in [5, 5.41) is 9.24. The summed E-state index contributed by atoms with van der Waals surface area (Å²) in [5.74, 6) is -0.951. The quantitative estimate of drug-likeness (QED) is 0.776. The Bertz CT molecular complexity index is 735.